The molecule has 3 rings (SSSR count). The Kier molecular flexibility index (Phi) is 10.9. The second-order valence-electron chi connectivity index (χ2n) is 9.23. The molecule has 1 aromatic heterocycles. The lowest BCUT2D eigenvalue weighted by Crippen LogP contribution is -2.04. The minimum Gasteiger partial charge on any atom is -0.490 e. The average molecular weight is 423 g/mol. The van der Waals surface area contributed by atoms with Gasteiger partial charge in [0.05, 0.1) is 19.0 Å². The Morgan fingerprint density at radius 1 is 0.742 bits per heavy atom. The molecule has 1 saturated carbocycles. The van der Waals surface area contributed by atoms with Crippen molar-refractivity contribution in [2.75, 3.05) is 6.61 Å². The van der Waals surface area contributed by atoms with Crippen molar-refractivity contribution < 1.29 is 4.74 Å². The number of rotatable bonds is 14. The standard InChI is InChI=1S/C28H42N2O/c1-2-3-4-5-6-7-8-9-10-14-21-31-27-22-29-28(30-23-27)26-19-17-25(18-20-26)24-15-12-11-13-16-24/h17-20,22-24H,2-16,21H2,1H3. The molecule has 1 heterocycles. The molecule has 0 aliphatic heterocycles. The molecule has 0 atom stereocenters. The highest BCUT2D eigenvalue weighted by Crippen LogP contribution is 2.33. The molecule has 0 spiro atoms. The zero-order valence-electron chi connectivity index (χ0n) is 19.7. The summed E-state index contributed by atoms with van der Waals surface area (Å²) in [6.07, 6.45) is 23.8. The SMILES string of the molecule is CCCCCCCCCCCCOc1cnc(-c2ccc(C3CCCCC3)cc2)nc1. The van der Waals surface area contributed by atoms with E-state index in [1.165, 1.54) is 95.5 Å². The van der Waals surface area contributed by atoms with E-state index in [0.717, 1.165) is 36.1 Å². The predicted molar refractivity (Wildman–Crippen MR) is 131 cm³/mol. The first kappa shape index (κ1) is 23.8. The van der Waals surface area contributed by atoms with Crippen LogP contribution in [-0.2, 0) is 0 Å². The molecule has 0 radical (unpaired) electrons. The van der Waals surface area contributed by atoms with E-state index in [2.05, 4.69) is 41.2 Å². The van der Waals surface area contributed by atoms with Crippen molar-refractivity contribution in [3.8, 4) is 17.1 Å². The highest BCUT2D eigenvalue weighted by molar-refractivity contribution is 5.55. The van der Waals surface area contributed by atoms with Crippen LogP contribution in [0.5, 0.6) is 5.75 Å². The van der Waals surface area contributed by atoms with Gasteiger partial charge >= 0.3 is 0 Å². The fourth-order valence-corrected chi connectivity index (χ4v) is 4.66. The summed E-state index contributed by atoms with van der Waals surface area (Å²) < 4.78 is 5.84. The van der Waals surface area contributed by atoms with Crippen molar-refractivity contribution >= 4 is 0 Å². The van der Waals surface area contributed by atoms with Gasteiger partial charge in [0.1, 0.15) is 0 Å². The first-order valence-corrected chi connectivity index (χ1v) is 12.9. The molecule has 3 nitrogen and oxygen atoms in total. The van der Waals surface area contributed by atoms with Crippen molar-refractivity contribution in [3.63, 3.8) is 0 Å². The van der Waals surface area contributed by atoms with Crippen LogP contribution in [0.15, 0.2) is 36.7 Å². The zero-order chi connectivity index (χ0) is 21.6. The Balaban J connectivity index is 1.30. The van der Waals surface area contributed by atoms with E-state index in [0.29, 0.717) is 0 Å². The van der Waals surface area contributed by atoms with Crippen LogP contribution in [0.4, 0.5) is 0 Å². The summed E-state index contributed by atoms with van der Waals surface area (Å²) in [6, 6.07) is 8.88. The van der Waals surface area contributed by atoms with Crippen LogP contribution in [-0.4, -0.2) is 16.6 Å². The Morgan fingerprint density at radius 2 is 1.32 bits per heavy atom. The second-order valence-corrected chi connectivity index (χ2v) is 9.23. The molecule has 1 aromatic carbocycles. The van der Waals surface area contributed by atoms with Crippen molar-refractivity contribution in [3.05, 3.63) is 42.2 Å². The Bertz CT molecular complexity index is 705. The summed E-state index contributed by atoms with van der Waals surface area (Å²) in [6.45, 7) is 3.04. The van der Waals surface area contributed by atoms with Gasteiger partial charge in [0.25, 0.3) is 0 Å². The van der Waals surface area contributed by atoms with Gasteiger partial charge in [0.2, 0.25) is 0 Å². The third-order valence-electron chi connectivity index (χ3n) is 6.64. The van der Waals surface area contributed by atoms with E-state index in [-0.39, 0.29) is 0 Å². The quantitative estimate of drug-likeness (QED) is 0.286. The van der Waals surface area contributed by atoms with E-state index in [4.69, 9.17) is 4.74 Å². The Hall–Kier alpha value is -1.90. The van der Waals surface area contributed by atoms with Gasteiger partial charge in [-0.25, -0.2) is 9.97 Å². The first-order valence-electron chi connectivity index (χ1n) is 12.9. The van der Waals surface area contributed by atoms with E-state index in [1.807, 2.05) is 12.4 Å². The Labute approximate surface area is 190 Å². The molecule has 0 unspecified atom stereocenters. The third kappa shape index (κ3) is 8.63. The molecule has 0 amide bonds. The van der Waals surface area contributed by atoms with Gasteiger partial charge in [0, 0.05) is 5.56 Å². The highest BCUT2D eigenvalue weighted by Gasteiger charge is 2.15. The lowest BCUT2D eigenvalue weighted by atomic mass is 9.84. The van der Waals surface area contributed by atoms with Crippen LogP contribution < -0.4 is 4.74 Å². The van der Waals surface area contributed by atoms with E-state index < -0.39 is 0 Å². The van der Waals surface area contributed by atoms with Gasteiger partial charge in [-0.05, 0) is 30.7 Å². The molecule has 170 valence electrons. The molecule has 0 bridgehead atoms. The topological polar surface area (TPSA) is 35.0 Å². The summed E-state index contributed by atoms with van der Waals surface area (Å²) in [5, 5.41) is 0. The number of unbranched alkanes of at least 4 members (excludes halogenated alkanes) is 9. The van der Waals surface area contributed by atoms with E-state index >= 15 is 0 Å². The first-order chi connectivity index (χ1) is 15.4. The molecule has 0 N–H and O–H groups in total. The molecule has 0 saturated heterocycles. The summed E-state index contributed by atoms with van der Waals surface area (Å²) in [4.78, 5) is 9.05. The number of benzene rings is 1. The largest absolute Gasteiger partial charge is 0.490 e. The predicted octanol–water partition coefficient (Wildman–Crippen LogP) is 8.49. The van der Waals surface area contributed by atoms with Crippen LogP contribution in [0.1, 0.15) is 115 Å². The summed E-state index contributed by atoms with van der Waals surface area (Å²) in [5.74, 6) is 2.30. The van der Waals surface area contributed by atoms with Gasteiger partial charge in [-0.15, -0.1) is 0 Å². The lowest BCUT2D eigenvalue weighted by Gasteiger charge is -2.22. The molecule has 31 heavy (non-hydrogen) atoms. The maximum Gasteiger partial charge on any atom is 0.159 e. The Morgan fingerprint density at radius 3 is 1.94 bits per heavy atom. The molecule has 1 aliphatic rings. The molecule has 3 heteroatoms. The van der Waals surface area contributed by atoms with E-state index in [9.17, 15) is 0 Å². The van der Waals surface area contributed by atoms with Crippen LogP contribution in [0.25, 0.3) is 11.4 Å². The number of ether oxygens (including phenoxy) is 1. The zero-order valence-corrected chi connectivity index (χ0v) is 19.7. The van der Waals surface area contributed by atoms with Gasteiger partial charge < -0.3 is 4.74 Å². The third-order valence-corrected chi connectivity index (χ3v) is 6.64. The van der Waals surface area contributed by atoms with Crippen molar-refractivity contribution in [1.82, 2.24) is 9.97 Å². The lowest BCUT2D eigenvalue weighted by molar-refractivity contribution is 0.302. The van der Waals surface area contributed by atoms with Crippen molar-refractivity contribution in [1.29, 1.82) is 0 Å². The number of nitrogens with zero attached hydrogens (tertiary/aromatic N) is 2. The smallest absolute Gasteiger partial charge is 0.159 e. The summed E-state index contributed by atoms with van der Waals surface area (Å²) >= 11 is 0. The van der Waals surface area contributed by atoms with Crippen molar-refractivity contribution in [2.24, 2.45) is 0 Å². The summed E-state index contributed by atoms with van der Waals surface area (Å²) in [5.41, 5.74) is 2.56. The number of hydrogen-bond acceptors (Lipinski definition) is 3. The van der Waals surface area contributed by atoms with Gasteiger partial charge in [-0.2, -0.15) is 0 Å². The molecule has 2 aromatic rings. The number of hydrogen-bond donors (Lipinski definition) is 0. The summed E-state index contributed by atoms with van der Waals surface area (Å²) in [7, 11) is 0. The fraction of sp³-hybridized carbons (Fsp3) is 0.643. The van der Waals surface area contributed by atoms with Crippen LogP contribution >= 0.6 is 0 Å². The van der Waals surface area contributed by atoms with Gasteiger partial charge in [0.15, 0.2) is 11.6 Å². The number of aromatic nitrogens is 2. The highest BCUT2D eigenvalue weighted by atomic mass is 16.5. The minimum atomic E-state index is 0.741. The second kappa shape index (κ2) is 14.2. The maximum atomic E-state index is 5.84. The van der Waals surface area contributed by atoms with Crippen LogP contribution in [0.2, 0.25) is 0 Å². The molecular weight excluding hydrogens is 380 g/mol. The minimum absolute atomic E-state index is 0.741. The fourth-order valence-electron chi connectivity index (χ4n) is 4.66. The molecule has 1 aliphatic carbocycles. The maximum absolute atomic E-state index is 5.84. The molecular formula is C28H42N2O. The van der Waals surface area contributed by atoms with Gasteiger partial charge in [-0.3, -0.25) is 0 Å². The van der Waals surface area contributed by atoms with Crippen molar-refractivity contribution in [2.45, 2.75) is 109 Å². The average Bonchev–Trinajstić information content (AvgIpc) is 2.84. The van der Waals surface area contributed by atoms with Gasteiger partial charge in [-0.1, -0.05) is 108 Å². The monoisotopic (exact) mass is 422 g/mol. The van der Waals surface area contributed by atoms with E-state index in [1.54, 1.807) is 0 Å². The normalized spacial score (nSPS) is 14.6. The molecule has 1 fully saturated rings. The van der Waals surface area contributed by atoms with Crippen LogP contribution in [0, 0.1) is 0 Å². The van der Waals surface area contributed by atoms with Crippen LogP contribution in [0.3, 0.4) is 0 Å².